The fourth-order valence-corrected chi connectivity index (χ4v) is 5.75. The number of hydrogen-bond donors (Lipinski definition) is 1. The monoisotopic (exact) mass is 585 g/mol. The maximum atomic E-state index is 14.0. The number of ether oxygens (including phenoxy) is 1. The minimum absolute atomic E-state index is 0.0163. The van der Waals surface area contributed by atoms with Crippen LogP contribution >= 0.6 is 11.6 Å². The van der Waals surface area contributed by atoms with E-state index in [0.29, 0.717) is 23.7 Å². The number of sulfonamides is 1. The number of nitrogens with one attached hydrogen (secondary N) is 1. The molecule has 0 aliphatic heterocycles. The second-order valence-electron chi connectivity index (χ2n) is 9.74. The van der Waals surface area contributed by atoms with Crippen LogP contribution in [0.5, 0.6) is 5.75 Å². The lowest BCUT2D eigenvalue weighted by Gasteiger charge is -2.33. The van der Waals surface area contributed by atoms with Crippen LogP contribution in [-0.4, -0.2) is 51.4 Å². The van der Waals surface area contributed by atoms with E-state index in [1.807, 2.05) is 51.1 Å². The van der Waals surface area contributed by atoms with E-state index in [9.17, 15) is 18.0 Å². The van der Waals surface area contributed by atoms with Crippen molar-refractivity contribution in [2.24, 2.45) is 5.92 Å². The second-order valence-corrected chi connectivity index (χ2v) is 12.0. The molecule has 0 aliphatic rings. The van der Waals surface area contributed by atoms with E-state index < -0.39 is 28.5 Å². The van der Waals surface area contributed by atoms with Crippen molar-refractivity contribution in [3.05, 3.63) is 89.4 Å². The van der Waals surface area contributed by atoms with Crippen molar-refractivity contribution in [1.82, 2.24) is 10.2 Å². The normalized spacial score (nSPS) is 12.1. The minimum atomic E-state index is -4.20. The van der Waals surface area contributed by atoms with Crippen LogP contribution < -0.4 is 14.4 Å². The van der Waals surface area contributed by atoms with Crippen molar-refractivity contribution >= 4 is 39.1 Å². The topological polar surface area (TPSA) is 96.0 Å². The summed E-state index contributed by atoms with van der Waals surface area (Å²) in [7, 11) is -2.71. The van der Waals surface area contributed by atoms with Crippen LogP contribution in [0.15, 0.2) is 83.8 Å². The second kappa shape index (κ2) is 14.2. The summed E-state index contributed by atoms with van der Waals surface area (Å²) in [4.78, 5) is 28.7. The van der Waals surface area contributed by atoms with Crippen molar-refractivity contribution in [1.29, 1.82) is 0 Å². The zero-order valence-corrected chi connectivity index (χ0v) is 24.8. The van der Waals surface area contributed by atoms with Crippen molar-refractivity contribution in [3.63, 3.8) is 0 Å². The summed E-state index contributed by atoms with van der Waals surface area (Å²) in [6, 6.07) is 20.7. The number of hydrogen-bond acceptors (Lipinski definition) is 5. The van der Waals surface area contributed by atoms with Gasteiger partial charge in [-0.3, -0.25) is 13.9 Å². The molecule has 0 fully saturated rings. The Hall–Kier alpha value is -3.56. The maximum Gasteiger partial charge on any atom is 0.264 e. The van der Waals surface area contributed by atoms with Crippen molar-refractivity contribution in [2.75, 3.05) is 24.5 Å². The first kappa shape index (κ1) is 31.0. The van der Waals surface area contributed by atoms with Gasteiger partial charge in [-0.25, -0.2) is 8.42 Å². The van der Waals surface area contributed by atoms with Gasteiger partial charge in [-0.1, -0.05) is 68.8 Å². The molecule has 40 heavy (non-hydrogen) atoms. The highest BCUT2D eigenvalue weighted by Gasteiger charge is 2.33. The quantitative estimate of drug-likeness (QED) is 0.300. The van der Waals surface area contributed by atoms with E-state index in [0.717, 1.165) is 9.87 Å². The fraction of sp³-hybridized carbons (Fsp3) is 0.333. The number of amides is 2. The number of benzene rings is 3. The molecule has 0 bridgehead atoms. The van der Waals surface area contributed by atoms with Gasteiger partial charge in [-0.2, -0.15) is 0 Å². The van der Waals surface area contributed by atoms with Crippen LogP contribution in [0, 0.1) is 5.92 Å². The van der Waals surface area contributed by atoms with Gasteiger partial charge in [0.05, 0.1) is 17.7 Å². The Kier molecular flexibility index (Phi) is 11.0. The lowest BCUT2D eigenvalue weighted by atomic mass is 10.1. The SMILES string of the molecule is CC[C@H](C(=O)NCC(C)C)N(Cc1ccccc1)C(=O)CN(c1cccc(Cl)c1)S(=O)(=O)c1ccc(OC)cc1. The number of carbonyl (C=O) groups is 2. The number of methoxy groups -OCH3 is 1. The largest absolute Gasteiger partial charge is 0.497 e. The average molecular weight is 586 g/mol. The molecule has 2 amide bonds. The highest BCUT2D eigenvalue weighted by molar-refractivity contribution is 7.92. The molecule has 0 aliphatic carbocycles. The third-order valence-corrected chi connectivity index (χ3v) is 8.31. The number of carbonyl (C=O) groups excluding carboxylic acids is 2. The van der Waals surface area contributed by atoms with Crippen LogP contribution in [0.3, 0.4) is 0 Å². The van der Waals surface area contributed by atoms with E-state index in [1.165, 1.54) is 30.2 Å². The molecule has 10 heteroatoms. The molecule has 0 unspecified atom stereocenters. The molecular formula is C30H36ClN3O5S. The predicted octanol–water partition coefficient (Wildman–Crippen LogP) is 5.12. The average Bonchev–Trinajstić information content (AvgIpc) is 2.95. The Bertz CT molecular complexity index is 1380. The number of halogens is 1. The summed E-state index contributed by atoms with van der Waals surface area (Å²) in [5.74, 6) is -0.0792. The highest BCUT2D eigenvalue weighted by atomic mass is 35.5. The Labute approximate surface area is 241 Å². The molecule has 0 radical (unpaired) electrons. The summed E-state index contributed by atoms with van der Waals surface area (Å²) in [6.07, 6.45) is 0.352. The molecule has 0 spiro atoms. The highest BCUT2D eigenvalue weighted by Crippen LogP contribution is 2.28. The van der Waals surface area contributed by atoms with Gasteiger partial charge in [0.2, 0.25) is 11.8 Å². The van der Waals surface area contributed by atoms with Crippen LogP contribution in [-0.2, 0) is 26.2 Å². The number of rotatable bonds is 13. The molecule has 1 atom stereocenters. The minimum Gasteiger partial charge on any atom is -0.497 e. The molecule has 0 saturated carbocycles. The van der Waals surface area contributed by atoms with E-state index in [2.05, 4.69) is 5.32 Å². The van der Waals surface area contributed by atoms with Gasteiger partial charge in [0.1, 0.15) is 18.3 Å². The van der Waals surface area contributed by atoms with Crippen LogP contribution in [0.2, 0.25) is 5.02 Å². The summed E-state index contributed by atoms with van der Waals surface area (Å²) in [6.45, 7) is 5.87. The lowest BCUT2D eigenvalue weighted by Crippen LogP contribution is -2.52. The van der Waals surface area contributed by atoms with Crippen molar-refractivity contribution in [2.45, 2.75) is 44.7 Å². The Balaban J connectivity index is 2.03. The molecule has 0 heterocycles. The summed E-state index contributed by atoms with van der Waals surface area (Å²) >= 11 is 6.22. The molecule has 8 nitrogen and oxygen atoms in total. The first-order chi connectivity index (χ1) is 19.1. The molecule has 1 N–H and O–H groups in total. The molecule has 3 aromatic rings. The maximum absolute atomic E-state index is 14.0. The zero-order valence-electron chi connectivity index (χ0n) is 23.2. The summed E-state index contributed by atoms with van der Waals surface area (Å²) in [5, 5.41) is 3.24. The van der Waals surface area contributed by atoms with E-state index in [4.69, 9.17) is 16.3 Å². The van der Waals surface area contributed by atoms with Crippen LogP contribution in [0.4, 0.5) is 5.69 Å². The smallest absolute Gasteiger partial charge is 0.264 e. The molecular weight excluding hydrogens is 550 g/mol. The van der Waals surface area contributed by atoms with Gasteiger partial charge in [0.25, 0.3) is 10.0 Å². The Morgan fingerprint density at radius 2 is 1.65 bits per heavy atom. The molecule has 214 valence electrons. The van der Waals surface area contributed by atoms with Crippen LogP contribution in [0.25, 0.3) is 0 Å². The Morgan fingerprint density at radius 1 is 0.975 bits per heavy atom. The number of anilines is 1. The van der Waals surface area contributed by atoms with Gasteiger partial charge < -0.3 is 15.0 Å². The van der Waals surface area contributed by atoms with Gasteiger partial charge in [0, 0.05) is 18.1 Å². The van der Waals surface area contributed by atoms with E-state index in [-0.39, 0.29) is 29.0 Å². The van der Waals surface area contributed by atoms with Crippen molar-refractivity contribution in [3.8, 4) is 5.75 Å². The molecule has 3 rings (SSSR count). The standard InChI is InChI=1S/C30H36ClN3O5S/c1-5-28(30(36)32-19-22(2)3)33(20-23-10-7-6-8-11-23)29(35)21-34(25-13-9-12-24(31)18-25)40(37,38)27-16-14-26(39-4)15-17-27/h6-18,22,28H,5,19-21H2,1-4H3,(H,32,36)/t28-/m1/s1. The lowest BCUT2D eigenvalue weighted by molar-refractivity contribution is -0.140. The molecule has 0 aromatic heterocycles. The summed E-state index contributed by atoms with van der Waals surface area (Å²) < 4.78 is 34.0. The van der Waals surface area contributed by atoms with Crippen LogP contribution in [0.1, 0.15) is 32.8 Å². The van der Waals surface area contributed by atoms with Crippen molar-refractivity contribution < 1.29 is 22.7 Å². The number of nitrogens with zero attached hydrogens (tertiary/aromatic N) is 2. The van der Waals surface area contributed by atoms with Gasteiger partial charge in [-0.05, 0) is 60.4 Å². The van der Waals surface area contributed by atoms with E-state index in [1.54, 1.807) is 30.3 Å². The first-order valence-corrected chi connectivity index (χ1v) is 14.9. The third kappa shape index (κ3) is 7.99. The Morgan fingerprint density at radius 3 is 2.23 bits per heavy atom. The molecule has 3 aromatic carbocycles. The third-order valence-electron chi connectivity index (χ3n) is 6.29. The predicted molar refractivity (Wildman–Crippen MR) is 158 cm³/mol. The first-order valence-electron chi connectivity index (χ1n) is 13.1. The fourth-order valence-electron chi connectivity index (χ4n) is 4.16. The van der Waals surface area contributed by atoms with Gasteiger partial charge in [0.15, 0.2) is 0 Å². The van der Waals surface area contributed by atoms with E-state index >= 15 is 0 Å². The van der Waals surface area contributed by atoms with Gasteiger partial charge >= 0.3 is 0 Å². The zero-order chi connectivity index (χ0) is 29.3. The van der Waals surface area contributed by atoms with Gasteiger partial charge in [-0.15, -0.1) is 0 Å². The summed E-state index contributed by atoms with van der Waals surface area (Å²) in [5.41, 5.74) is 1.05. The molecule has 0 saturated heterocycles.